The van der Waals surface area contributed by atoms with Crippen LogP contribution in [0, 0.1) is 5.92 Å². The minimum Gasteiger partial charge on any atom is -0.369 e. The quantitative estimate of drug-likeness (QED) is 0.789. The number of nitrogens with one attached hydrogen (secondary N) is 1. The molecule has 1 amide bonds. The zero-order valence-electron chi connectivity index (χ0n) is 9.65. The largest absolute Gasteiger partial charge is 0.369 e. The van der Waals surface area contributed by atoms with Gasteiger partial charge in [-0.2, -0.15) is 0 Å². The van der Waals surface area contributed by atoms with Gasteiger partial charge in [-0.3, -0.25) is 4.79 Å². The summed E-state index contributed by atoms with van der Waals surface area (Å²) < 4.78 is 2.08. The number of nitrogens with zero attached hydrogens (tertiary/aromatic N) is 1. The van der Waals surface area contributed by atoms with Crippen LogP contribution >= 0.6 is 0 Å². The lowest BCUT2D eigenvalue weighted by molar-refractivity contribution is -0.122. The molecule has 16 heavy (non-hydrogen) atoms. The third kappa shape index (κ3) is 2.27. The van der Waals surface area contributed by atoms with Crippen molar-refractivity contribution in [3.63, 3.8) is 0 Å². The van der Waals surface area contributed by atoms with Crippen molar-refractivity contribution in [2.24, 2.45) is 18.7 Å². The Labute approximate surface area is 95.8 Å². The average molecular weight is 221 g/mol. The fraction of sp³-hybridized carbons (Fsp3) is 0.583. The number of aryl methyl sites for hydroxylation is 1. The van der Waals surface area contributed by atoms with E-state index >= 15 is 0 Å². The number of aromatic nitrogens is 1. The molecule has 1 aromatic rings. The normalized spacial score (nSPS) is 24.8. The van der Waals surface area contributed by atoms with Crippen molar-refractivity contribution in [3.05, 3.63) is 24.0 Å². The molecule has 1 aromatic heterocycles. The maximum atomic E-state index is 11.2. The summed E-state index contributed by atoms with van der Waals surface area (Å²) in [5.74, 6) is -0.151. The zero-order valence-corrected chi connectivity index (χ0v) is 9.65. The zero-order chi connectivity index (χ0) is 11.5. The fourth-order valence-electron chi connectivity index (χ4n) is 2.46. The van der Waals surface area contributed by atoms with Gasteiger partial charge in [-0.1, -0.05) is 6.42 Å². The van der Waals surface area contributed by atoms with E-state index in [1.807, 2.05) is 19.3 Å². The van der Waals surface area contributed by atoms with Crippen LogP contribution in [-0.2, 0) is 18.4 Å². The molecule has 0 spiro atoms. The van der Waals surface area contributed by atoms with Gasteiger partial charge in [-0.05, 0) is 25.0 Å². The van der Waals surface area contributed by atoms with E-state index in [0.29, 0.717) is 0 Å². The average Bonchev–Trinajstić information content (AvgIpc) is 2.83. The second-order valence-electron chi connectivity index (χ2n) is 4.54. The van der Waals surface area contributed by atoms with Gasteiger partial charge in [-0.25, -0.2) is 0 Å². The molecule has 1 aliphatic carbocycles. The molecule has 2 atom stereocenters. The summed E-state index contributed by atoms with van der Waals surface area (Å²) in [6.07, 6.45) is 5.10. The van der Waals surface area contributed by atoms with E-state index in [4.69, 9.17) is 5.73 Å². The Morgan fingerprint density at radius 3 is 3.06 bits per heavy atom. The van der Waals surface area contributed by atoms with Crippen molar-refractivity contribution >= 4 is 5.91 Å². The lowest BCUT2D eigenvalue weighted by atomic mass is 10.0. The van der Waals surface area contributed by atoms with Gasteiger partial charge in [0.2, 0.25) is 5.91 Å². The Balaban J connectivity index is 1.90. The van der Waals surface area contributed by atoms with Crippen molar-refractivity contribution in [3.8, 4) is 0 Å². The molecule has 1 fully saturated rings. The van der Waals surface area contributed by atoms with Gasteiger partial charge in [0, 0.05) is 31.5 Å². The molecule has 0 saturated heterocycles. The Hall–Kier alpha value is -1.29. The third-order valence-corrected chi connectivity index (χ3v) is 3.48. The van der Waals surface area contributed by atoms with E-state index in [9.17, 15) is 4.79 Å². The maximum Gasteiger partial charge on any atom is 0.222 e. The van der Waals surface area contributed by atoms with Crippen molar-refractivity contribution in [1.82, 2.24) is 9.88 Å². The van der Waals surface area contributed by atoms with Crippen molar-refractivity contribution in [1.29, 1.82) is 0 Å². The molecule has 0 aromatic carbocycles. The predicted molar refractivity (Wildman–Crippen MR) is 62.6 cm³/mol. The van der Waals surface area contributed by atoms with Gasteiger partial charge in [0.15, 0.2) is 0 Å². The third-order valence-electron chi connectivity index (χ3n) is 3.48. The molecule has 0 bridgehead atoms. The lowest BCUT2D eigenvalue weighted by Gasteiger charge is -2.18. The summed E-state index contributed by atoms with van der Waals surface area (Å²) in [5, 5.41) is 3.43. The highest BCUT2D eigenvalue weighted by Gasteiger charge is 2.30. The monoisotopic (exact) mass is 221 g/mol. The second kappa shape index (κ2) is 4.70. The van der Waals surface area contributed by atoms with Crippen molar-refractivity contribution in [2.45, 2.75) is 31.8 Å². The summed E-state index contributed by atoms with van der Waals surface area (Å²) in [5.41, 5.74) is 6.61. The van der Waals surface area contributed by atoms with E-state index in [0.717, 1.165) is 25.8 Å². The van der Waals surface area contributed by atoms with Crippen LogP contribution in [0.1, 0.15) is 25.0 Å². The minimum atomic E-state index is -0.165. The Morgan fingerprint density at radius 2 is 2.44 bits per heavy atom. The van der Waals surface area contributed by atoms with Crippen LogP contribution < -0.4 is 11.1 Å². The molecule has 1 saturated carbocycles. The molecule has 4 nitrogen and oxygen atoms in total. The Bertz CT molecular complexity index is 372. The number of primary amides is 1. The maximum absolute atomic E-state index is 11.2. The summed E-state index contributed by atoms with van der Waals surface area (Å²) in [6.45, 7) is 0.804. The molecule has 2 unspecified atom stereocenters. The SMILES string of the molecule is Cn1cccc1CNC1CCCC1C(N)=O. The molecular formula is C12H19N3O. The molecule has 3 N–H and O–H groups in total. The first-order chi connectivity index (χ1) is 7.68. The Morgan fingerprint density at radius 1 is 1.62 bits per heavy atom. The van der Waals surface area contributed by atoms with E-state index in [-0.39, 0.29) is 17.9 Å². The number of carbonyl (C=O) groups is 1. The smallest absolute Gasteiger partial charge is 0.222 e. The molecule has 0 radical (unpaired) electrons. The highest BCUT2D eigenvalue weighted by atomic mass is 16.1. The highest BCUT2D eigenvalue weighted by molar-refractivity contribution is 5.77. The molecule has 0 aliphatic heterocycles. The van der Waals surface area contributed by atoms with Crippen LogP contribution in [0.4, 0.5) is 0 Å². The number of hydrogen-bond donors (Lipinski definition) is 2. The predicted octanol–water partition coefficient (Wildman–Crippen LogP) is 0.769. The summed E-state index contributed by atoms with van der Waals surface area (Å²) in [4.78, 5) is 11.2. The number of carbonyl (C=O) groups excluding carboxylic acids is 1. The minimum absolute atomic E-state index is 0.0141. The van der Waals surface area contributed by atoms with Crippen LogP contribution in [0.15, 0.2) is 18.3 Å². The molecule has 88 valence electrons. The first-order valence-corrected chi connectivity index (χ1v) is 5.81. The van der Waals surface area contributed by atoms with E-state index in [1.54, 1.807) is 0 Å². The van der Waals surface area contributed by atoms with Gasteiger partial charge in [0.25, 0.3) is 0 Å². The molecule has 1 heterocycles. The first kappa shape index (κ1) is 11.2. The molecule has 2 rings (SSSR count). The Kier molecular flexibility index (Phi) is 3.29. The van der Waals surface area contributed by atoms with Gasteiger partial charge < -0.3 is 15.6 Å². The van der Waals surface area contributed by atoms with E-state index in [2.05, 4.69) is 16.0 Å². The van der Waals surface area contributed by atoms with Gasteiger partial charge in [-0.15, -0.1) is 0 Å². The van der Waals surface area contributed by atoms with E-state index in [1.165, 1.54) is 5.69 Å². The van der Waals surface area contributed by atoms with Gasteiger partial charge in [0.1, 0.15) is 0 Å². The van der Waals surface area contributed by atoms with E-state index < -0.39 is 0 Å². The molecule has 1 aliphatic rings. The number of hydrogen-bond acceptors (Lipinski definition) is 2. The number of nitrogens with two attached hydrogens (primary N) is 1. The van der Waals surface area contributed by atoms with Crippen LogP contribution in [-0.4, -0.2) is 16.5 Å². The summed E-state index contributed by atoms with van der Waals surface area (Å²) >= 11 is 0. The number of rotatable bonds is 4. The first-order valence-electron chi connectivity index (χ1n) is 5.81. The standard InChI is InChI=1S/C12H19N3O/c1-15-7-3-4-9(15)8-14-11-6-2-5-10(11)12(13)16/h3-4,7,10-11,14H,2,5-6,8H2,1H3,(H2,13,16). The molecule has 4 heteroatoms. The second-order valence-corrected chi connectivity index (χ2v) is 4.54. The summed E-state index contributed by atoms with van der Waals surface area (Å²) in [7, 11) is 2.03. The van der Waals surface area contributed by atoms with Gasteiger partial charge in [0.05, 0.1) is 5.92 Å². The topological polar surface area (TPSA) is 60.1 Å². The van der Waals surface area contributed by atoms with Gasteiger partial charge >= 0.3 is 0 Å². The summed E-state index contributed by atoms with van der Waals surface area (Å²) in [6, 6.07) is 4.37. The lowest BCUT2D eigenvalue weighted by Crippen LogP contribution is -2.39. The number of amides is 1. The highest BCUT2D eigenvalue weighted by Crippen LogP contribution is 2.25. The van der Waals surface area contributed by atoms with Crippen LogP contribution in [0.3, 0.4) is 0 Å². The van der Waals surface area contributed by atoms with Crippen molar-refractivity contribution < 1.29 is 4.79 Å². The van der Waals surface area contributed by atoms with Crippen LogP contribution in [0.2, 0.25) is 0 Å². The fourth-order valence-corrected chi connectivity index (χ4v) is 2.46. The van der Waals surface area contributed by atoms with Crippen LogP contribution in [0.25, 0.3) is 0 Å². The van der Waals surface area contributed by atoms with Crippen molar-refractivity contribution in [2.75, 3.05) is 0 Å². The molecular weight excluding hydrogens is 202 g/mol. The van der Waals surface area contributed by atoms with Crippen LogP contribution in [0.5, 0.6) is 0 Å².